The average Bonchev–Trinajstić information content (AvgIpc) is 3.07. The van der Waals surface area contributed by atoms with Gasteiger partial charge in [0.15, 0.2) is 0 Å². The summed E-state index contributed by atoms with van der Waals surface area (Å²) in [6.07, 6.45) is 52.4. The summed E-state index contributed by atoms with van der Waals surface area (Å²) >= 11 is 0. The van der Waals surface area contributed by atoms with Gasteiger partial charge in [-0.2, -0.15) is 0 Å². The van der Waals surface area contributed by atoms with Gasteiger partial charge in [0.25, 0.3) is 0 Å². The van der Waals surface area contributed by atoms with Gasteiger partial charge < -0.3 is 0 Å². The molecule has 0 heterocycles. The fourth-order valence-electron chi connectivity index (χ4n) is 7.36. The highest BCUT2D eigenvalue weighted by Gasteiger charge is 2.04. The van der Waals surface area contributed by atoms with Crippen LogP contribution in [-0.2, 0) is 19.3 Å². The highest BCUT2D eigenvalue weighted by Crippen LogP contribution is 2.20. The van der Waals surface area contributed by atoms with Gasteiger partial charge in [-0.15, -0.1) is 0 Å². The minimum atomic E-state index is 1.05. The number of hydrogen-bond acceptors (Lipinski definition) is 0. The van der Waals surface area contributed by atoms with Crippen LogP contribution in [0.15, 0.2) is 18.2 Å². The van der Waals surface area contributed by atoms with E-state index >= 15 is 0 Å². The lowest BCUT2D eigenvalue weighted by Gasteiger charge is -2.11. The predicted octanol–water partition coefficient (Wildman–Crippen LogP) is 16.5. The minimum Gasteiger partial charge on any atom is -0.0654 e. The highest BCUT2D eigenvalue weighted by molar-refractivity contribution is 5.30. The highest BCUT2D eigenvalue weighted by atomic mass is 14.1. The van der Waals surface area contributed by atoms with Gasteiger partial charge in [0.1, 0.15) is 0 Å². The Labute approximate surface area is 292 Å². The molecule has 0 saturated heterocycles. The van der Waals surface area contributed by atoms with Crippen LogP contribution in [0.4, 0.5) is 0 Å². The predicted molar refractivity (Wildman–Crippen MR) is 211 cm³/mol. The van der Waals surface area contributed by atoms with Crippen molar-refractivity contribution in [2.24, 2.45) is 0 Å². The molecule has 0 saturated carbocycles. The number of unbranched alkanes of at least 4 members (excludes halogenated alkanes) is 31. The smallest absolute Gasteiger partial charge is 0.0279 e. The van der Waals surface area contributed by atoms with Gasteiger partial charge in [-0.05, 0) is 55.2 Å². The van der Waals surface area contributed by atoms with Crippen LogP contribution >= 0.6 is 0 Å². The van der Waals surface area contributed by atoms with Gasteiger partial charge in [0, 0.05) is 0 Å². The molecule has 1 aromatic rings. The van der Waals surface area contributed by atoms with Crippen molar-refractivity contribution in [3.8, 4) is 0 Å². The van der Waals surface area contributed by atoms with Crippen molar-refractivity contribution in [3.05, 3.63) is 41.8 Å². The van der Waals surface area contributed by atoms with Gasteiger partial charge in [0.2, 0.25) is 0 Å². The van der Waals surface area contributed by atoms with Crippen LogP contribution < -0.4 is 0 Å². The van der Waals surface area contributed by atoms with Crippen LogP contribution in [0.5, 0.6) is 0 Å². The molecule has 1 radical (unpaired) electrons. The molecular formula is C46H85. The fourth-order valence-corrected chi connectivity index (χ4v) is 7.36. The zero-order valence-corrected chi connectivity index (χ0v) is 32.1. The van der Waals surface area contributed by atoms with Crippen LogP contribution in [0.1, 0.15) is 249 Å². The van der Waals surface area contributed by atoms with Gasteiger partial charge in [-0.1, -0.05) is 238 Å². The molecule has 0 nitrogen and oxygen atoms in total. The molecule has 0 aliphatic heterocycles. The first-order chi connectivity index (χ1) is 22.8. The van der Waals surface area contributed by atoms with E-state index in [1.165, 1.54) is 231 Å². The lowest BCUT2D eigenvalue weighted by Crippen LogP contribution is -1.96. The molecule has 0 amide bonds. The van der Waals surface area contributed by atoms with Gasteiger partial charge >= 0.3 is 0 Å². The lowest BCUT2D eigenvalue weighted by atomic mass is 9.95. The Balaban J connectivity index is 2.06. The minimum absolute atomic E-state index is 1.05. The molecule has 0 bridgehead atoms. The molecule has 1 rings (SSSR count). The number of rotatable bonds is 37. The van der Waals surface area contributed by atoms with E-state index in [-0.39, 0.29) is 0 Å². The van der Waals surface area contributed by atoms with E-state index in [1.54, 1.807) is 16.7 Å². The fraction of sp³-hybridized carbons (Fsp3) is 0.848. The molecule has 0 unspecified atom stereocenters. The van der Waals surface area contributed by atoms with Crippen LogP contribution in [0, 0.1) is 6.92 Å². The molecule has 0 N–H and O–H groups in total. The van der Waals surface area contributed by atoms with Crippen molar-refractivity contribution in [1.82, 2.24) is 0 Å². The second-order valence-corrected chi connectivity index (χ2v) is 15.2. The summed E-state index contributed by atoms with van der Waals surface area (Å²) in [4.78, 5) is 0. The summed E-state index contributed by atoms with van der Waals surface area (Å²) < 4.78 is 0. The summed E-state index contributed by atoms with van der Waals surface area (Å²) in [7, 11) is 0. The second-order valence-electron chi connectivity index (χ2n) is 15.2. The Morgan fingerprint density at radius 3 is 0.696 bits per heavy atom. The Bertz CT molecular complexity index is 662. The van der Waals surface area contributed by atoms with Gasteiger partial charge in [0.05, 0.1) is 0 Å². The average molecular weight is 638 g/mol. The molecule has 0 heteroatoms. The molecular weight excluding hydrogens is 553 g/mol. The van der Waals surface area contributed by atoms with Crippen molar-refractivity contribution in [3.63, 3.8) is 0 Å². The Kier molecular flexibility index (Phi) is 33.4. The zero-order valence-electron chi connectivity index (χ0n) is 32.1. The van der Waals surface area contributed by atoms with Crippen LogP contribution in [-0.4, -0.2) is 0 Å². The molecule has 0 fully saturated rings. The van der Waals surface area contributed by atoms with E-state index in [0.717, 1.165) is 6.42 Å². The third-order valence-electron chi connectivity index (χ3n) is 10.5. The van der Waals surface area contributed by atoms with E-state index in [4.69, 9.17) is 0 Å². The van der Waals surface area contributed by atoms with E-state index in [0.29, 0.717) is 0 Å². The van der Waals surface area contributed by atoms with Crippen molar-refractivity contribution >= 4 is 0 Å². The van der Waals surface area contributed by atoms with Crippen LogP contribution in [0.2, 0.25) is 0 Å². The quantitative estimate of drug-likeness (QED) is 0.0637. The molecule has 0 aliphatic rings. The summed E-state index contributed by atoms with van der Waals surface area (Å²) in [6.45, 7) is 8.71. The van der Waals surface area contributed by atoms with Crippen molar-refractivity contribution < 1.29 is 0 Å². The van der Waals surface area contributed by atoms with E-state index in [2.05, 4.69) is 39.0 Å². The first-order valence-electron chi connectivity index (χ1n) is 21.7. The van der Waals surface area contributed by atoms with Crippen molar-refractivity contribution in [1.29, 1.82) is 0 Å². The Morgan fingerprint density at radius 2 is 0.478 bits per heavy atom. The van der Waals surface area contributed by atoms with Gasteiger partial charge in [-0.3, -0.25) is 0 Å². The largest absolute Gasteiger partial charge is 0.0654 e. The molecule has 0 aromatic heterocycles. The maximum Gasteiger partial charge on any atom is -0.0279 e. The third-order valence-corrected chi connectivity index (χ3v) is 10.5. The summed E-state index contributed by atoms with van der Waals surface area (Å²) in [5, 5.41) is 0. The Morgan fingerprint density at radius 1 is 0.283 bits per heavy atom. The van der Waals surface area contributed by atoms with Crippen LogP contribution in [0.3, 0.4) is 0 Å². The zero-order chi connectivity index (χ0) is 33.0. The SMILES string of the molecule is [CH2]CCCc1cc(CCCCCCCCCCCCCCCCCC)cc(CCCCCCCCCCCCCCCCCC)c1. The molecule has 0 aliphatic carbocycles. The summed E-state index contributed by atoms with van der Waals surface area (Å²) in [6, 6.07) is 7.61. The van der Waals surface area contributed by atoms with Crippen LogP contribution in [0.25, 0.3) is 0 Å². The maximum absolute atomic E-state index is 4.09. The van der Waals surface area contributed by atoms with E-state index in [9.17, 15) is 0 Å². The standard InChI is InChI=1S/C46H85/c1-4-7-10-12-14-16-18-20-22-24-26-28-30-32-34-36-39-45-41-44(38-9-6-3)42-46(43-45)40-37-35-33-31-29-27-25-23-21-19-17-15-13-11-8-5-2/h41-43H,3-40H2,1-2H3. The molecule has 0 spiro atoms. The number of aryl methyl sites for hydroxylation is 3. The van der Waals surface area contributed by atoms with E-state index in [1.807, 2.05) is 0 Å². The van der Waals surface area contributed by atoms with Crippen molar-refractivity contribution in [2.45, 2.75) is 251 Å². The maximum atomic E-state index is 4.09. The van der Waals surface area contributed by atoms with E-state index < -0.39 is 0 Å². The lowest BCUT2D eigenvalue weighted by molar-refractivity contribution is 0.529. The normalized spacial score (nSPS) is 11.5. The Hall–Kier alpha value is -0.780. The molecule has 46 heavy (non-hydrogen) atoms. The number of hydrogen-bond donors (Lipinski definition) is 0. The topological polar surface area (TPSA) is 0 Å². The molecule has 1 aromatic carbocycles. The monoisotopic (exact) mass is 638 g/mol. The number of benzene rings is 1. The summed E-state index contributed by atoms with van der Waals surface area (Å²) in [5.74, 6) is 0. The first-order valence-corrected chi connectivity index (χ1v) is 21.7. The second kappa shape index (κ2) is 35.5. The first kappa shape index (κ1) is 43.2. The third kappa shape index (κ3) is 29.4. The summed E-state index contributed by atoms with van der Waals surface area (Å²) in [5.41, 5.74) is 4.79. The van der Waals surface area contributed by atoms with Gasteiger partial charge in [-0.25, -0.2) is 0 Å². The molecule has 269 valence electrons. The van der Waals surface area contributed by atoms with Crippen molar-refractivity contribution in [2.75, 3.05) is 0 Å². The molecule has 0 atom stereocenters.